The van der Waals surface area contributed by atoms with Crippen molar-refractivity contribution in [2.24, 2.45) is 0 Å². The van der Waals surface area contributed by atoms with Gasteiger partial charge in [-0.1, -0.05) is 0 Å². The van der Waals surface area contributed by atoms with Gasteiger partial charge in [-0.15, -0.1) is 0 Å². The maximum absolute atomic E-state index is 6.50. The third kappa shape index (κ3) is 1380. The predicted molar refractivity (Wildman–Crippen MR) is 41.1 cm³/mol. The van der Waals surface area contributed by atoms with Crippen molar-refractivity contribution in [3.8, 4) is 39.4 Å². The summed E-state index contributed by atoms with van der Waals surface area (Å²) >= 11 is 0. The molecule has 0 saturated heterocycles. The molecule has 0 amide bonds. The molecule has 0 heterocycles. The topological polar surface area (TPSA) is 143 Å². The minimum absolute atomic E-state index is 0. The monoisotopic (exact) mass is 258 g/mol. The van der Waals surface area contributed by atoms with E-state index in [1.165, 1.54) is 0 Å². The smallest absolute Gasteiger partial charge is 1.00 e. The molecular formula is C6H7FeKN6. The van der Waals surface area contributed by atoms with Gasteiger partial charge in [-0.05, 0) is 0 Å². The second-order valence-corrected chi connectivity index (χ2v) is 0. The van der Waals surface area contributed by atoms with Gasteiger partial charge in [-0.2, -0.15) is 0 Å². The third-order valence-electron chi connectivity index (χ3n) is 0. The van der Waals surface area contributed by atoms with Gasteiger partial charge in [0.15, 0.2) is 0 Å². The summed E-state index contributed by atoms with van der Waals surface area (Å²) < 4.78 is 0. The van der Waals surface area contributed by atoms with Crippen molar-refractivity contribution in [1.29, 1.82) is 31.6 Å². The standard InChI is InChI=1S/6CHN.Fe.K.H/c6*1-2;;;/h6*1H;;;/q;;;;;;;+1;-1. The zero-order valence-electron chi connectivity index (χ0n) is 8.50. The van der Waals surface area contributed by atoms with Crippen molar-refractivity contribution in [1.82, 2.24) is 0 Å². The van der Waals surface area contributed by atoms with Crippen molar-refractivity contribution in [2.75, 3.05) is 0 Å². The molecule has 0 radical (unpaired) electrons. The average Bonchev–Trinajstić information content (AvgIpc) is 2.33. The fourth-order valence-electron chi connectivity index (χ4n) is 0. The van der Waals surface area contributed by atoms with E-state index in [-0.39, 0.29) is 69.9 Å². The van der Waals surface area contributed by atoms with Gasteiger partial charge in [0.05, 0.1) is 0 Å². The van der Waals surface area contributed by atoms with Crippen LogP contribution in [0, 0.1) is 71.0 Å². The molecule has 0 aromatic heterocycles. The molecule has 0 aromatic rings. The number of hydrogen-bond donors (Lipinski definition) is 0. The maximum Gasteiger partial charge on any atom is 1.00 e. The third-order valence-corrected chi connectivity index (χ3v) is 0. The Balaban J connectivity index is -0.00000000396. The summed E-state index contributed by atoms with van der Waals surface area (Å²) in [7, 11) is 0. The quantitative estimate of drug-likeness (QED) is 0.457. The molecule has 0 saturated carbocycles. The van der Waals surface area contributed by atoms with Crippen LogP contribution in [-0.2, 0) is 17.1 Å². The Morgan fingerprint density at radius 1 is 0.429 bits per heavy atom. The Hall–Kier alpha value is -0.904. The minimum Gasteiger partial charge on any atom is -1.00 e. The van der Waals surface area contributed by atoms with Crippen LogP contribution in [0.15, 0.2) is 0 Å². The van der Waals surface area contributed by atoms with Crippen LogP contribution in [0.2, 0.25) is 0 Å². The Kier molecular flexibility index (Phi) is 9600. The fourth-order valence-corrected chi connectivity index (χ4v) is 0. The van der Waals surface area contributed by atoms with Gasteiger partial charge in [-0.25, -0.2) is 31.6 Å². The normalized spacial score (nSPS) is 0.857. The van der Waals surface area contributed by atoms with E-state index in [0.29, 0.717) is 0 Å². The van der Waals surface area contributed by atoms with E-state index in [1.54, 1.807) is 0 Å². The van der Waals surface area contributed by atoms with E-state index in [1.807, 2.05) is 0 Å². The molecule has 0 spiro atoms. The molecule has 0 aliphatic rings. The average molecular weight is 258 g/mol. The molecule has 0 unspecified atom stereocenters. The van der Waals surface area contributed by atoms with Crippen molar-refractivity contribution in [3.05, 3.63) is 0 Å². The molecule has 0 bridgehead atoms. The van der Waals surface area contributed by atoms with Crippen LogP contribution in [0.25, 0.3) is 0 Å². The van der Waals surface area contributed by atoms with Crippen molar-refractivity contribution >= 4 is 0 Å². The number of nitriles is 6. The molecule has 0 aromatic carbocycles. The van der Waals surface area contributed by atoms with Crippen LogP contribution in [0.5, 0.6) is 0 Å². The zero-order valence-corrected chi connectivity index (χ0v) is 11.7. The second kappa shape index (κ2) is 1820. The van der Waals surface area contributed by atoms with E-state index >= 15 is 0 Å². The Bertz CT molecular complexity index is 103. The Labute approximate surface area is 139 Å². The van der Waals surface area contributed by atoms with Crippen molar-refractivity contribution in [3.63, 3.8) is 0 Å². The van der Waals surface area contributed by atoms with Crippen LogP contribution < -0.4 is 51.4 Å². The molecule has 0 aliphatic carbocycles. The molecular weight excluding hydrogens is 251 g/mol. The molecule has 6 nitrogen and oxygen atoms in total. The van der Waals surface area contributed by atoms with E-state index in [4.69, 9.17) is 31.6 Å². The summed E-state index contributed by atoms with van der Waals surface area (Å²) in [6.45, 7) is 21.0. The predicted octanol–water partition coefficient (Wildman–Crippen LogP) is -2.05. The summed E-state index contributed by atoms with van der Waals surface area (Å²) in [5.74, 6) is 0. The molecule has 8 heteroatoms. The first-order chi connectivity index (χ1) is 6.00. The van der Waals surface area contributed by atoms with Gasteiger partial charge >= 0.3 is 51.4 Å². The molecule has 0 fully saturated rings. The fraction of sp³-hybridized carbons (Fsp3) is 0. The van der Waals surface area contributed by atoms with E-state index in [9.17, 15) is 0 Å². The molecule has 0 aliphatic heterocycles. The van der Waals surface area contributed by atoms with Crippen LogP contribution in [0.3, 0.4) is 0 Å². The first kappa shape index (κ1) is 73.8. The summed E-state index contributed by atoms with van der Waals surface area (Å²) in [4.78, 5) is 0. The molecule has 70 valence electrons. The van der Waals surface area contributed by atoms with Gasteiger partial charge in [0.2, 0.25) is 0 Å². The molecule has 0 N–H and O–H groups in total. The largest absolute Gasteiger partial charge is 1.00 e. The first-order valence-electron chi connectivity index (χ1n) is 1.55. The van der Waals surface area contributed by atoms with Crippen LogP contribution in [0.4, 0.5) is 0 Å². The number of nitrogens with zero attached hydrogens (tertiary/aromatic N) is 6. The van der Waals surface area contributed by atoms with Gasteiger partial charge in [0.25, 0.3) is 0 Å². The summed E-state index contributed by atoms with van der Waals surface area (Å²) in [5, 5.41) is 39.0. The molecule has 0 rings (SSSR count). The van der Waals surface area contributed by atoms with E-state index < -0.39 is 0 Å². The Morgan fingerprint density at radius 2 is 0.429 bits per heavy atom. The minimum atomic E-state index is 0. The van der Waals surface area contributed by atoms with Crippen LogP contribution >= 0.6 is 0 Å². The van der Waals surface area contributed by atoms with Gasteiger partial charge in [-0.3, -0.25) is 0 Å². The second-order valence-electron chi connectivity index (χ2n) is 0. The summed E-state index contributed by atoms with van der Waals surface area (Å²) in [6.07, 6.45) is 0. The summed E-state index contributed by atoms with van der Waals surface area (Å²) in [6, 6.07) is 0. The van der Waals surface area contributed by atoms with E-state index in [2.05, 4.69) is 39.4 Å². The maximum atomic E-state index is 6.50. The zero-order chi connectivity index (χ0) is 12.0. The molecule has 0 atom stereocenters. The number of hydrogen-bond acceptors (Lipinski definition) is 6. The molecule has 14 heavy (non-hydrogen) atoms. The van der Waals surface area contributed by atoms with Crippen LogP contribution in [-0.4, -0.2) is 0 Å². The first-order valence-corrected chi connectivity index (χ1v) is 1.55. The Morgan fingerprint density at radius 3 is 0.429 bits per heavy atom. The van der Waals surface area contributed by atoms with Crippen molar-refractivity contribution in [2.45, 2.75) is 0 Å². The van der Waals surface area contributed by atoms with Gasteiger partial charge < -0.3 is 1.43 Å². The van der Waals surface area contributed by atoms with Crippen LogP contribution in [0.1, 0.15) is 1.43 Å². The summed E-state index contributed by atoms with van der Waals surface area (Å²) in [5.41, 5.74) is 0. The van der Waals surface area contributed by atoms with Crippen molar-refractivity contribution < 1.29 is 69.9 Å². The SMILES string of the molecule is C#N.C#N.C#N.C#N.C#N.C#N.[Fe].[H-].[K+]. The van der Waals surface area contributed by atoms with E-state index in [0.717, 1.165) is 0 Å². The van der Waals surface area contributed by atoms with Gasteiger partial charge in [0, 0.05) is 56.5 Å². The van der Waals surface area contributed by atoms with Gasteiger partial charge in [0.1, 0.15) is 0 Å². The number of rotatable bonds is 0.